The van der Waals surface area contributed by atoms with Gasteiger partial charge in [0.25, 0.3) is 0 Å². The van der Waals surface area contributed by atoms with E-state index in [0.717, 1.165) is 0 Å². The molecule has 0 heterocycles. The molecule has 0 spiro atoms. The maximum absolute atomic E-state index is 12.1. The zero-order valence-corrected chi connectivity index (χ0v) is 5.50. The lowest BCUT2D eigenvalue weighted by Gasteiger charge is -2.23. The van der Waals surface area contributed by atoms with Crippen molar-refractivity contribution in [3.63, 3.8) is 0 Å². The van der Waals surface area contributed by atoms with Crippen LogP contribution >= 0.6 is 0 Å². The maximum atomic E-state index is 12.1. The molecular formula is C5H4F6O. The zero-order chi connectivity index (χ0) is 9.78. The molecule has 1 unspecified atom stereocenters. The van der Waals surface area contributed by atoms with Gasteiger partial charge in [0.15, 0.2) is 0 Å². The molecule has 1 fully saturated rings. The molecule has 1 saturated carbocycles. The molecule has 0 aromatic carbocycles. The number of alkyl halides is 6. The summed E-state index contributed by atoms with van der Waals surface area (Å²) in [5.74, 6) is -15.3. The minimum Gasteiger partial charge on any atom is -0.386 e. The van der Waals surface area contributed by atoms with E-state index in [0.29, 0.717) is 0 Å². The summed E-state index contributed by atoms with van der Waals surface area (Å²) in [5, 5.41) is 8.22. The second-order valence-electron chi connectivity index (χ2n) is 2.62. The molecule has 0 amide bonds. The predicted molar refractivity (Wildman–Crippen MR) is 25.5 cm³/mol. The molecule has 0 aromatic heterocycles. The highest BCUT2D eigenvalue weighted by Gasteiger charge is 2.80. The first-order valence-corrected chi connectivity index (χ1v) is 2.94. The van der Waals surface area contributed by atoms with E-state index in [2.05, 4.69) is 0 Å². The number of aliphatic hydroxyl groups excluding tert-OH is 1. The van der Waals surface area contributed by atoms with E-state index in [1.165, 1.54) is 0 Å². The molecule has 1 aliphatic rings. The number of rotatable bonds is 0. The van der Waals surface area contributed by atoms with Gasteiger partial charge < -0.3 is 5.11 Å². The summed E-state index contributed by atoms with van der Waals surface area (Å²) in [6.45, 7) is 0. The van der Waals surface area contributed by atoms with Crippen LogP contribution in [0.25, 0.3) is 0 Å². The minimum absolute atomic E-state index is 1.91. The Morgan fingerprint density at radius 3 is 1.50 bits per heavy atom. The van der Waals surface area contributed by atoms with Crippen LogP contribution in [0.4, 0.5) is 26.3 Å². The van der Waals surface area contributed by atoms with E-state index in [-0.39, 0.29) is 0 Å². The van der Waals surface area contributed by atoms with Gasteiger partial charge in [-0.1, -0.05) is 0 Å². The lowest BCUT2D eigenvalue weighted by molar-refractivity contribution is -0.280. The summed E-state index contributed by atoms with van der Waals surface area (Å²) < 4.78 is 72.6. The summed E-state index contributed by atoms with van der Waals surface area (Å²) in [6.07, 6.45) is -4.89. The SMILES string of the molecule is OC1CC(F)(F)C(F)(F)C1(F)F. The van der Waals surface area contributed by atoms with E-state index in [9.17, 15) is 26.3 Å². The van der Waals surface area contributed by atoms with Gasteiger partial charge in [0.1, 0.15) is 6.10 Å². The lowest BCUT2D eigenvalue weighted by Crippen LogP contribution is -2.49. The highest BCUT2D eigenvalue weighted by Crippen LogP contribution is 2.56. The predicted octanol–water partition coefficient (Wildman–Crippen LogP) is 1.66. The molecular weight excluding hydrogens is 190 g/mol. The van der Waals surface area contributed by atoms with Gasteiger partial charge in [-0.3, -0.25) is 0 Å². The van der Waals surface area contributed by atoms with Crippen molar-refractivity contribution in [3.05, 3.63) is 0 Å². The van der Waals surface area contributed by atoms with Crippen molar-refractivity contribution in [1.82, 2.24) is 0 Å². The first-order chi connectivity index (χ1) is 5.13. The fourth-order valence-electron chi connectivity index (χ4n) is 0.952. The average molecular weight is 194 g/mol. The number of halogens is 6. The molecule has 72 valence electrons. The molecule has 1 rings (SSSR count). The smallest absolute Gasteiger partial charge is 0.374 e. The summed E-state index contributed by atoms with van der Waals surface area (Å²) in [4.78, 5) is 0. The Bertz CT molecular complexity index is 200. The number of hydrogen-bond donors (Lipinski definition) is 1. The van der Waals surface area contributed by atoms with Crippen LogP contribution in [-0.2, 0) is 0 Å². The lowest BCUT2D eigenvalue weighted by atomic mass is 10.2. The van der Waals surface area contributed by atoms with Crippen molar-refractivity contribution in [2.75, 3.05) is 0 Å². The molecule has 0 radical (unpaired) electrons. The third-order valence-electron chi connectivity index (χ3n) is 1.75. The Balaban J connectivity index is 3.10. The van der Waals surface area contributed by atoms with Crippen molar-refractivity contribution in [2.24, 2.45) is 0 Å². The second-order valence-corrected chi connectivity index (χ2v) is 2.62. The Kier molecular flexibility index (Phi) is 1.66. The van der Waals surface area contributed by atoms with Gasteiger partial charge in [-0.05, 0) is 0 Å². The second kappa shape index (κ2) is 2.07. The van der Waals surface area contributed by atoms with Crippen LogP contribution in [0.1, 0.15) is 6.42 Å². The van der Waals surface area contributed by atoms with Crippen molar-refractivity contribution in [1.29, 1.82) is 0 Å². The van der Waals surface area contributed by atoms with Crippen LogP contribution in [0.15, 0.2) is 0 Å². The van der Waals surface area contributed by atoms with Crippen molar-refractivity contribution in [2.45, 2.75) is 30.3 Å². The highest BCUT2D eigenvalue weighted by atomic mass is 19.3. The average Bonchev–Trinajstić information content (AvgIpc) is 1.92. The van der Waals surface area contributed by atoms with Gasteiger partial charge in [0, 0.05) is 6.42 Å². The highest BCUT2D eigenvalue weighted by molar-refractivity contribution is 5.08. The molecule has 0 bridgehead atoms. The molecule has 0 aliphatic heterocycles. The minimum atomic E-state index is -5.46. The molecule has 1 atom stereocenters. The molecule has 0 aromatic rings. The van der Waals surface area contributed by atoms with E-state index < -0.39 is 30.3 Å². The summed E-state index contributed by atoms with van der Waals surface area (Å²) in [7, 11) is 0. The molecule has 12 heavy (non-hydrogen) atoms. The van der Waals surface area contributed by atoms with E-state index in [4.69, 9.17) is 5.11 Å². The quantitative estimate of drug-likeness (QED) is 0.581. The summed E-state index contributed by atoms with van der Waals surface area (Å²) >= 11 is 0. The first-order valence-electron chi connectivity index (χ1n) is 2.94. The Hall–Kier alpha value is -0.460. The Morgan fingerprint density at radius 2 is 1.42 bits per heavy atom. The van der Waals surface area contributed by atoms with Crippen molar-refractivity contribution in [3.8, 4) is 0 Å². The molecule has 1 aliphatic carbocycles. The molecule has 1 nitrogen and oxygen atoms in total. The topological polar surface area (TPSA) is 20.2 Å². The van der Waals surface area contributed by atoms with E-state index in [1.807, 2.05) is 0 Å². The zero-order valence-electron chi connectivity index (χ0n) is 5.50. The van der Waals surface area contributed by atoms with Crippen LogP contribution < -0.4 is 0 Å². The van der Waals surface area contributed by atoms with Gasteiger partial charge in [-0.15, -0.1) is 0 Å². The van der Waals surface area contributed by atoms with Gasteiger partial charge in [-0.2, -0.15) is 26.3 Å². The maximum Gasteiger partial charge on any atom is 0.374 e. The van der Waals surface area contributed by atoms with E-state index in [1.54, 1.807) is 0 Å². The van der Waals surface area contributed by atoms with Crippen LogP contribution in [0.5, 0.6) is 0 Å². The van der Waals surface area contributed by atoms with Gasteiger partial charge in [-0.25, -0.2) is 0 Å². The van der Waals surface area contributed by atoms with Crippen LogP contribution in [0.2, 0.25) is 0 Å². The molecule has 1 N–H and O–H groups in total. The third kappa shape index (κ3) is 0.854. The van der Waals surface area contributed by atoms with Crippen molar-refractivity contribution < 1.29 is 31.4 Å². The van der Waals surface area contributed by atoms with E-state index >= 15 is 0 Å². The van der Waals surface area contributed by atoms with Gasteiger partial charge in [0.2, 0.25) is 0 Å². The first kappa shape index (κ1) is 9.63. The monoisotopic (exact) mass is 194 g/mol. The van der Waals surface area contributed by atoms with Crippen LogP contribution in [0, 0.1) is 0 Å². The fraction of sp³-hybridized carbons (Fsp3) is 1.00. The fourth-order valence-corrected chi connectivity index (χ4v) is 0.952. The number of hydrogen-bond acceptors (Lipinski definition) is 1. The molecule has 0 saturated heterocycles. The third-order valence-corrected chi connectivity index (χ3v) is 1.75. The summed E-state index contributed by atoms with van der Waals surface area (Å²) in [5.41, 5.74) is 0. The largest absolute Gasteiger partial charge is 0.386 e. The van der Waals surface area contributed by atoms with Crippen molar-refractivity contribution >= 4 is 0 Å². The normalized spacial score (nSPS) is 36.8. The van der Waals surface area contributed by atoms with Crippen LogP contribution in [-0.4, -0.2) is 29.0 Å². The Morgan fingerprint density at radius 1 is 1.00 bits per heavy atom. The number of aliphatic hydroxyl groups is 1. The summed E-state index contributed by atoms with van der Waals surface area (Å²) in [6, 6.07) is 0. The van der Waals surface area contributed by atoms with Crippen LogP contribution in [0.3, 0.4) is 0 Å². The molecule has 7 heteroatoms. The Labute approximate surface area is 63.0 Å². The standard InChI is InChI=1S/C5H4F6O/c6-3(7)1-2(12)4(8,9)5(3,10)11/h2,12H,1H2. The van der Waals surface area contributed by atoms with Gasteiger partial charge >= 0.3 is 17.8 Å². The van der Waals surface area contributed by atoms with Gasteiger partial charge in [0.05, 0.1) is 0 Å².